The lowest BCUT2D eigenvalue weighted by molar-refractivity contribution is 0.468. The van der Waals surface area contributed by atoms with E-state index in [1.54, 1.807) is 12.4 Å². The number of thiazole rings is 1. The van der Waals surface area contributed by atoms with Gasteiger partial charge in [0.25, 0.3) is 0 Å². The lowest BCUT2D eigenvalue weighted by Crippen LogP contribution is -2.09. The maximum Gasteiger partial charge on any atom is 0.164 e. The van der Waals surface area contributed by atoms with Crippen LogP contribution in [0, 0.1) is 0 Å². The first-order valence-electron chi connectivity index (χ1n) is 7.19. The van der Waals surface area contributed by atoms with Gasteiger partial charge in [-0.15, -0.1) is 0 Å². The van der Waals surface area contributed by atoms with E-state index >= 15 is 0 Å². The van der Waals surface area contributed by atoms with Crippen molar-refractivity contribution in [1.82, 2.24) is 14.5 Å². The fraction of sp³-hybridized carbons (Fsp3) is 0.333. The number of hydrogen-bond acceptors (Lipinski definition) is 6. The van der Waals surface area contributed by atoms with Crippen molar-refractivity contribution < 1.29 is 13.5 Å². The van der Waals surface area contributed by atoms with Gasteiger partial charge < -0.3 is 9.67 Å². The van der Waals surface area contributed by atoms with Crippen molar-refractivity contribution in [3.63, 3.8) is 0 Å². The van der Waals surface area contributed by atoms with Gasteiger partial charge in [0, 0.05) is 37.2 Å². The van der Waals surface area contributed by atoms with Gasteiger partial charge in [0.05, 0.1) is 11.4 Å². The normalized spacial score (nSPS) is 12.1. The molecule has 0 bridgehead atoms. The fourth-order valence-corrected chi connectivity index (χ4v) is 4.23. The van der Waals surface area contributed by atoms with Crippen LogP contribution < -0.4 is 0 Å². The van der Waals surface area contributed by atoms with Gasteiger partial charge in [0.2, 0.25) is 0 Å². The second-order valence-electron chi connectivity index (χ2n) is 5.33. The molecule has 0 fully saturated rings. The Morgan fingerprint density at radius 3 is 2.78 bits per heavy atom. The Labute approximate surface area is 138 Å². The molecule has 0 amide bonds. The van der Waals surface area contributed by atoms with Crippen molar-refractivity contribution in [2.24, 2.45) is 0 Å². The lowest BCUT2D eigenvalue weighted by atomic mass is 10.3. The van der Waals surface area contributed by atoms with Gasteiger partial charge in [0.15, 0.2) is 5.75 Å². The van der Waals surface area contributed by atoms with Gasteiger partial charge in [-0.25, -0.2) is 13.4 Å². The molecule has 3 aromatic heterocycles. The first-order chi connectivity index (χ1) is 10.9. The van der Waals surface area contributed by atoms with Gasteiger partial charge in [-0.3, -0.25) is 4.98 Å². The molecule has 6 nitrogen and oxygen atoms in total. The van der Waals surface area contributed by atoms with Crippen LogP contribution in [0.4, 0.5) is 0 Å². The predicted octanol–water partition coefficient (Wildman–Crippen LogP) is 2.47. The Morgan fingerprint density at radius 2 is 2.17 bits per heavy atom. The summed E-state index contributed by atoms with van der Waals surface area (Å²) in [6.07, 6.45) is 4.91. The molecule has 122 valence electrons. The molecule has 3 heterocycles. The Hall–Kier alpha value is -1.93. The average molecular weight is 351 g/mol. The molecule has 0 saturated heterocycles. The summed E-state index contributed by atoms with van der Waals surface area (Å²) in [5.74, 6) is 0.0877. The minimum Gasteiger partial charge on any atom is -0.504 e. The van der Waals surface area contributed by atoms with E-state index in [1.807, 2.05) is 23.6 Å². The number of sulfone groups is 1. The topological polar surface area (TPSA) is 85.1 Å². The number of hydrogen-bond donors (Lipinski definition) is 1. The number of rotatable bonds is 5. The van der Waals surface area contributed by atoms with Crippen molar-refractivity contribution in [2.75, 3.05) is 12.0 Å². The maximum absolute atomic E-state index is 11.4. The number of pyridine rings is 1. The van der Waals surface area contributed by atoms with Crippen molar-refractivity contribution in [3.05, 3.63) is 30.2 Å². The summed E-state index contributed by atoms with van der Waals surface area (Å²) >= 11 is 1.47. The third kappa shape index (κ3) is 3.09. The van der Waals surface area contributed by atoms with Gasteiger partial charge in [-0.2, -0.15) is 0 Å². The van der Waals surface area contributed by atoms with E-state index in [0.29, 0.717) is 17.8 Å². The molecule has 0 spiro atoms. The number of aromatic hydroxyl groups is 1. The molecule has 0 aliphatic heterocycles. The summed E-state index contributed by atoms with van der Waals surface area (Å²) in [5, 5.41) is 11.3. The van der Waals surface area contributed by atoms with Crippen LogP contribution in [0.1, 0.15) is 12.6 Å². The zero-order valence-electron chi connectivity index (χ0n) is 12.9. The smallest absolute Gasteiger partial charge is 0.164 e. The van der Waals surface area contributed by atoms with E-state index in [9.17, 15) is 13.5 Å². The summed E-state index contributed by atoms with van der Waals surface area (Å²) in [6.45, 7) is 2.61. The highest BCUT2D eigenvalue weighted by molar-refractivity contribution is 7.90. The van der Waals surface area contributed by atoms with Crippen LogP contribution in [0.5, 0.6) is 5.75 Å². The SMILES string of the molecule is CCn1c(CCS(C)(=O)=O)c(O)c2nc(-c3cccnc3)sc21. The van der Waals surface area contributed by atoms with E-state index in [2.05, 4.69) is 9.97 Å². The number of nitrogens with zero attached hydrogens (tertiary/aromatic N) is 3. The first kappa shape index (κ1) is 15.9. The van der Waals surface area contributed by atoms with Gasteiger partial charge in [0.1, 0.15) is 25.2 Å². The van der Waals surface area contributed by atoms with Crippen LogP contribution in [0.25, 0.3) is 20.9 Å². The zero-order chi connectivity index (χ0) is 16.6. The first-order valence-corrected chi connectivity index (χ1v) is 10.1. The fourth-order valence-electron chi connectivity index (χ4n) is 2.52. The van der Waals surface area contributed by atoms with Crippen molar-refractivity contribution in [2.45, 2.75) is 19.9 Å². The molecule has 8 heteroatoms. The molecule has 0 aliphatic rings. The molecule has 1 N–H and O–H groups in total. The highest BCUT2D eigenvalue weighted by Crippen LogP contribution is 2.39. The van der Waals surface area contributed by atoms with Crippen LogP contribution in [0.15, 0.2) is 24.5 Å². The second-order valence-corrected chi connectivity index (χ2v) is 8.57. The summed E-state index contributed by atoms with van der Waals surface area (Å²) in [4.78, 5) is 9.45. The van der Waals surface area contributed by atoms with Crippen molar-refractivity contribution in [1.29, 1.82) is 0 Å². The maximum atomic E-state index is 11.4. The molecule has 0 radical (unpaired) electrons. The minimum atomic E-state index is -3.09. The van der Waals surface area contributed by atoms with E-state index < -0.39 is 9.84 Å². The monoisotopic (exact) mass is 351 g/mol. The van der Waals surface area contributed by atoms with E-state index in [1.165, 1.54) is 17.6 Å². The quantitative estimate of drug-likeness (QED) is 0.763. The Kier molecular flexibility index (Phi) is 4.11. The van der Waals surface area contributed by atoms with Gasteiger partial charge in [-0.05, 0) is 19.1 Å². The van der Waals surface area contributed by atoms with Crippen molar-refractivity contribution in [3.8, 4) is 16.3 Å². The molecule has 23 heavy (non-hydrogen) atoms. The third-order valence-corrected chi connectivity index (χ3v) is 5.69. The third-order valence-electron chi connectivity index (χ3n) is 3.61. The second kappa shape index (κ2) is 5.93. The molecular weight excluding hydrogens is 334 g/mol. The average Bonchev–Trinajstić information content (AvgIpc) is 3.04. The van der Waals surface area contributed by atoms with Crippen LogP contribution in [0.2, 0.25) is 0 Å². The zero-order valence-corrected chi connectivity index (χ0v) is 14.5. The summed E-state index contributed by atoms with van der Waals surface area (Å²) < 4.78 is 24.7. The Bertz CT molecular complexity index is 943. The van der Waals surface area contributed by atoms with E-state index in [-0.39, 0.29) is 17.9 Å². The number of aryl methyl sites for hydroxylation is 1. The summed E-state index contributed by atoms with van der Waals surface area (Å²) in [5.41, 5.74) is 2.05. The lowest BCUT2D eigenvalue weighted by Gasteiger charge is -2.07. The van der Waals surface area contributed by atoms with Crippen LogP contribution >= 0.6 is 11.3 Å². The molecule has 3 rings (SSSR count). The molecule has 0 saturated carbocycles. The molecule has 3 aromatic rings. The van der Waals surface area contributed by atoms with Crippen molar-refractivity contribution >= 4 is 31.5 Å². The molecule has 0 aromatic carbocycles. The number of fused-ring (bicyclic) bond motifs is 1. The Balaban J connectivity index is 2.07. The van der Waals surface area contributed by atoms with Crippen LogP contribution in [-0.4, -0.2) is 40.1 Å². The highest BCUT2D eigenvalue weighted by atomic mass is 32.2. The van der Waals surface area contributed by atoms with E-state index in [0.717, 1.165) is 15.4 Å². The highest BCUT2D eigenvalue weighted by Gasteiger charge is 2.21. The Morgan fingerprint density at radius 1 is 1.39 bits per heavy atom. The van der Waals surface area contributed by atoms with Gasteiger partial charge in [-0.1, -0.05) is 11.3 Å². The van der Waals surface area contributed by atoms with Crippen LogP contribution in [-0.2, 0) is 22.8 Å². The predicted molar refractivity (Wildman–Crippen MR) is 91.6 cm³/mol. The molecule has 0 atom stereocenters. The molecule has 0 aliphatic carbocycles. The molecular formula is C15H17N3O3S2. The minimum absolute atomic E-state index is 0.00724. The standard InChI is InChI=1S/C15H17N3O3S2/c1-3-18-11(6-8-23(2,20)21)13(19)12-15(18)22-14(17-12)10-5-4-7-16-9-10/h4-5,7,9,19H,3,6,8H2,1-2H3. The number of aromatic nitrogens is 3. The van der Waals surface area contributed by atoms with Crippen LogP contribution in [0.3, 0.4) is 0 Å². The largest absolute Gasteiger partial charge is 0.504 e. The summed E-state index contributed by atoms with van der Waals surface area (Å²) in [6, 6.07) is 3.76. The summed E-state index contributed by atoms with van der Waals surface area (Å²) in [7, 11) is -3.09. The van der Waals surface area contributed by atoms with E-state index in [4.69, 9.17) is 0 Å². The van der Waals surface area contributed by atoms with Gasteiger partial charge >= 0.3 is 0 Å². The molecule has 0 unspecified atom stereocenters.